The van der Waals surface area contributed by atoms with Gasteiger partial charge in [-0.05, 0) is 60.4 Å². The molecule has 0 bridgehead atoms. The zero-order chi connectivity index (χ0) is 20.8. The maximum atomic E-state index is 13.4. The highest BCUT2D eigenvalue weighted by Gasteiger charge is 2.29. The molecule has 0 spiro atoms. The highest BCUT2D eigenvalue weighted by atomic mass is 32.2. The highest BCUT2D eigenvalue weighted by Crippen LogP contribution is 2.33. The van der Waals surface area contributed by atoms with Crippen LogP contribution in [-0.4, -0.2) is 26.6 Å². The first-order valence-electron chi connectivity index (χ1n) is 9.44. The SMILES string of the molecule is CC(CCc1cccc(F)c1)SC1C(C(=O)O)=CC=CN1Cc1ccc(F)cc1. The van der Waals surface area contributed by atoms with Gasteiger partial charge in [0, 0.05) is 18.0 Å². The van der Waals surface area contributed by atoms with Crippen molar-refractivity contribution in [1.82, 2.24) is 4.90 Å². The van der Waals surface area contributed by atoms with Gasteiger partial charge in [0.05, 0.1) is 5.57 Å². The van der Waals surface area contributed by atoms with Crippen molar-refractivity contribution < 1.29 is 18.7 Å². The monoisotopic (exact) mass is 415 g/mol. The van der Waals surface area contributed by atoms with Crippen LogP contribution in [0.5, 0.6) is 0 Å². The summed E-state index contributed by atoms with van der Waals surface area (Å²) >= 11 is 1.57. The molecule has 0 saturated heterocycles. The first kappa shape index (κ1) is 21.1. The van der Waals surface area contributed by atoms with Crippen LogP contribution in [0.15, 0.2) is 72.5 Å². The second-order valence-electron chi connectivity index (χ2n) is 7.04. The zero-order valence-electron chi connectivity index (χ0n) is 16.1. The number of carboxylic acids is 1. The predicted molar refractivity (Wildman–Crippen MR) is 112 cm³/mol. The first-order chi connectivity index (χ1) is 13.9. The van der Waals surface area contributed by atoms with Crippen molar-refractivity contribution in [3.63, 3.8) is 0 Å². The number of thioether (sulfide) groups is 1. The van der Waals surface area contributed by atoms with Crippen LogP contribution in [0, 0.1) is 11.6 Å². The van der Waals surface area contributed by atoms with Gasteiger partial charge in [-0.3, -0.25) is 0 Å². The van der Waals surface area contributed by atoms with Gasteiger partial charge in [0.2, 0.25) is 0 Å². The molecule has 1 aliphatic rings. The van der Waals surface area contributed by atoms with E-state index in [-0.39, 0.29) is 22.3 Å². The normalized spacial score (nSPS) is 17.1. The van der Waals surface area contributed by atoms with Crippen LogP contribution in [0.4, 0.5) is 8.78 Å². The van der Waals surface area contributed by atoms with Gasteiger partial charge in [-0.1, -0.05) is 31.2 Å². The molecule has 0 amide bonds. The van der Waals surface area contributed by atoms with E-state index in [2.05, 4.69) is 6.92 Å². The summed E-state index contributed by atoms with van der Waals surface area (Å²) in [5.41, 5.74) is 2.15. The summed E-state index contributed by atoms with van der Waals surface area (Å²) in [6, 6.07) is 12.8. The third-order valence-electron chi connectivity index (χ3n) is 4.74. The Balaban J connectivity index is 1.68. The van der Waals surface area contributed by atoms with E-state index in [1.807, 2.05) is 17.2 Å². The molecule has 29 heavy (non-hydrogen) atoms. The second-order valence-corrected chi connectivity index (χ2v) is 8.56. The Labute approximate surface area is 173 Å². The Hall–Kier alpha value is -2.60. The molecule has 152 valence electrons. The Bertz CT molecular complexity index is 911. The van der Waals surface area contributed by atoms with E-state index in [4.69, 9.17) is 0 Å². The predicted octanol–water partition coefficient (Wildman–Crippen LogP) is 5.39. The minimum absolute atomic E-state index is 0.160. The average molecular weight is 416 g/mol. The number of nitrogens with zero attached hydrogens (tertiary/aromatic N) is 1. The van der Waals surface area contributed by atoms with E-state index >= 15 is 0 Å². The first-order valence-corrected chi connectivity index (χ1v) is 10.4. The molecule has 2 aromatic carbocycles. The van der Waals surface area contributed by atoms with E-state index in [9.17, 15) is 18.7 Å². The number of carboxylic acid groups (broad SMARTS) is 1. The number of aliphatic carboxylic acids is 1. The number of hydrogen-bond donors (Lipinski definition) is 1. The number of halogens is 2. The van der Waals surface area contributed by atoms with Crippen LogP contribution >= 0.6 is 11.8 Å². The summed E-state index contributed by atoms with van der Waals surface area (Å²) < 4.78 is 26.6. The molecular weight excluding hydrogens is 392 g/mol. The van der Waals surface area contributed by atoms with Crippen molar-refractivity contribution in [2.24, 2.45) is 0 Å². The molecule has 2 atom stereocenters. The summed E-state index contributed by atoms with van der Waals surface area (Å²) in [7, 11) is 0. The van der Waals surface area contributed by atoms with Gasteiger partial charge in [0.15, 0.2) is 0 Å². The van der Waals surface area contributed by atoms with Crippen LogP contribution < -0.4 is 0 Å². The fourth-order valence-corrected chi connectivity index (χ4v) is 4.53. The van der Waals surface area contributed by atoms with Gasteiger partial charge in [-0.15, -0.1) is 11.8 Å². The Morgan fingerprint density at radius 3 is 2.59 bits per heavy atom. The lowest BCUT2D eigenvalue weighted by atomic mass is 10.1. The molecule has 3 nitrogen and oxygen atoms in total. The molecule has 0 fully saturated rings. The van der Waals surface area contributed by atoms with Crippen LogP contribution in [0.1, 0.15) is 24.5 Å². The highest BCUT2D eigenvalue weighted by molar-refractivity contribution is 8.00. The third kappa shape index (κ3) is 5.94. The van der Waals surface area contributed by atoms with Gasteiger partial charge in [-0.2, -0.15) is 0 Å². The van der Waals surface area contributed by atoms with Crippen molar-refractivity contribution in [3.8, 4) is 0 Å². The zero-order valence-corrected chi connectivity index (χ0v) is 16.9. The fraction of sp³-hybridized carbons (Fsp3) is 0.261. The molecule has 3 rings (SSSR count). The lowest BCUT2D eigenvalue weighted by Gasteiger charge is -2.34. The van der Waals surface area contributed by atoms with Crippen LogP contribution in [0.25, 0.3) is 0 Å². The van der Waals surface area contributed by atoms with Crippen molar-refractivity contribution in [1.29, 1.82) is 0 Å². The van der Waals surface area contributed by atoms with Crippen molar-refractivity contribution in [2.45, 2.75) is 36.9 Å². The molecule has 2 aromatic rings. The number of benzene rings is 2. The molecule has 1 N–H and O–H groups in total. The van der Waals surface area contributed by atoms with Gasteiger partial charge in [-0.25, -0.2) is 13.6 Å². The number of aryl methyl sites for hydroxylation is 1. The topological polar surface area (TPSA) is 40.5 Å². The quantitative estimate of drug-likeness (QED) is 0.628. The standard InChI is InChI=1S/C23H23F2NO2S/c1-16(7-8-17-4-2-5-20(25)14-17)29-22-21(23(27)28)6-3-13-26(22)15-18-9-11-19(24)12-10-18/h2-6,9-14,16,22H,7-8,15H2,1H3,(H,27,28). The summed E-state index contributed by atoms with van der Waals surface area (Å²) in [5, 5.41) is 9.45. The Kier molecular flexibility index (Phi) is 7.09. The molecule has 2 unspecified atom stereocenters. The smallest absolute Gasteiger partial charge is 0.334 e. The maximum absolute atomic E-state index is 13.4. The Morgan fingerprint density at radius 1 is 1.14 bits per heavy atom. The van der Waals surface area contributed by atoms with E-state index in [1.165, 1.54) is 24.3 Å². The van der Waals surface area contributed by atoms with Gasteiger partial charge >= 0.3 is 5.97 Å². The molecule has 0 saturated carbocycles. The van der Waals surface area contributed by atoms with Crippen molar-refractivity contribution in [3.05, 3.63) is 95.2 Å². The van der Waals surface area contributed by atoms with Gasteiger partial charge in [0.25, 0.3) is 0 Å². The molecule has 1 heterocycles. The van der Waals surface area contributed by atoms with Gasteiger partial charge in [0.1, 0.15) is 17.0 Å². The molecule has 1 aliphatic heterocycles. The molecule has 0 radical (unpaired) electrons. The van der Waals surface area contributed by atoms with Gasteiger partial charge < -0.3 is 10.0 Å². The van der Waals surface area contributed by atoms with E-state index in [1.54, 1.807) is 42.1 Å². The maximum Gasteiger partial charge on any atom is 0.334 e. The molecular formula is C23H23F2NO2S. The molecule has 0 aromatic heterocycles. The average Bonchev–Trinajstić information content (AvgIpc) is 2.69. The van der Waals surface area contributed by atoms with E-state index in [0.29, 0.717) is 12.1 Å². The number of rotatable bonds is 8. The number of hydrogen-bond acceptors (Lipinski definition) is 3. The van der Waals surface area contributed by atoms with Crippen LogP contribution in [0.2, 0.25) is 0 Å². The van der Waals surface area contributed by atoms with Crippen molar-refractivity contribution >= 4 is 17.7 Å². The van der Waals surface area contributed by atoms with Crippen LogP contribution in [0.3, 0.4) is 0 Å². The largest absolute Gasteiger partial charge is 0.478 e. The fourth-order valence-electron chi connectivity index (χ4n) is 3.21. The second kappa shape index (κ2) is 9.74. The molecule has 6 heteroatoms. The summed E-state index contributed by atoms with van der Waals surface area (Å²) in [4.78, 5) is 13.7. The summed E-state index contributed by atoms with van der Waals surface area (Å²) in [5.74, 6) is -1.50. The number of carbonyl (C=O) groups is 1. The summed E-state index contributed by atoms with van der Waals surface area (Å²) in [6.45, 7) is 2.54. The third-order valence-corrected chi connectivity index (χ3v) is 6.22. The number of allylic oxidation sites excluding steroid dienone is 2. The minimum Gasteiger partial charge on any atom is -0.478 e. The van der Waals surface area contributed by atoms with E-state index < -0.39 is 5.97 Å². The summed E-state index contributed by atoms with van der Waals surface area (Å²) in [6.07, 6.45) is 6.73. The Morgan fingerprint density at radius 2 is 1.90 bits per heavy atom. The van der Waals surface area contributed by atoms with Crippen LogP contribution in [-0.2, 0) is 17.8 Å². The molecule has 0 aliphatic carbocycles. The van der Waals surface area contributed by atoms with Crippen molar-refractivity contribution in [2.75, 3.05) is 0 Å². The lowest BCUT2D eigenvalue weighted by Crippen LogP contribution is -2.35. The lowest BCUT2D eigenvalue weighted by molar-refractivity contribution is -0.133. The minimum atomic E-state index is -0.951. The van der Waals surface area contributed by atoms with E-state index in [0.717, 1.165) is 24.0 Å².